The average molecular weight is 356 g/mol. The number of hydrogen-bond acceptors (Lipinski definition) is 4. The van der Waals surface area contributed by atoms with Gasteiger partial charge in [-0.1, -0.05) is 30.0 Å². The van der Waals surface area contributed by atoms with E-state index in [1.165, 1.54) is 23.9 Å². The van der Waals surface area contributed by atoms with E-state index in [0.717, 1.165) is 11.3 Å². The monoisotopic (exact) mass is 356 g/mol. The van der Waals surface area contributed by atoms with Gasteiger partial charge in [-0.3, -0.25) is 4.79 Å². The Balaban J connectivity index is 1.69. The molecule has 0 aliphatic heterocycles. The van der Waals surface area contributed by atoms with Crippen molar-refractivity contribution in [2.24, 2.45) is 0 Å². The van der Waals surface area contributed by atoms with Gasteiger partial charge >= 0.3 is 0 Å². The number of nitrogens with one attached hydrogen (secondary N) is 1. The number of carbonyl (C=O) groups excluding carboxylic acids is 1. The second-order valence-electron chi connectivity index (χ2n) is 5.26. The standard InChI is InChI=1S/C18H17FN4OS/c1-2-23-17(13-8-10-14(19)11-9-13)21-22-18(23)25-12-16(24)20-15-6-4-3-5-7-15/h3-11H,2,12H2,1H3,(H,20,24). The summed E-state index contributed by atoms with van der Waals surface area (Å²) < 4.78 is 15.0. The predicted octanol–water partition coefficient (Wildman–Crippen LogP) is 3.83. The van der Waals surface area contributed by atoms with Crippen molar-refractivity contribution in [1.29, 1.82) is 0 Å². The van der Waals surface area contributed by atoms with E-state index in [2.05, 4.69) is 15.5 Å². The number of benzene rings is 2. The minimum atomic E-state index is -0.293. The Labute approximate surface area is 149 Å². The Hall–Kier alpha value is -2.67. The molecule has 7 heteroatoms. The van der Waals surface area contributed by atoms with Gasteiger partial charge in [0.2, 0.25) is 5.91 Å². The zero-order chi connectivity index (χ0) is 17.6. The van der Waals surface area contributed by atoms with Crippen LogP contribution in [0.25, 0.3) is 11.4 Å². The summed E-state index contributed by atoms with van der Waals surface area (Å²) in [5.74, 6) is 0.494. The summed E-state index contributed by atoms with van der Waals surface area (Å²) in [6.45, 7) is 2.63. The Morgan fingerprint density at radius 1 is 1.12 bits per heavy atom. The number of para-hydroxylation sites is 1. The van der Waals surface area contributed by atoms with Gasteiger partial charge in [0, 0.05) is 17.8 Å². The molecule has 0 radical (unpaired) electrons. The first-order chi connectivity index (χ1) is 12.2. The first-order valence-corrected chi connectivity index (χ1v) is 8.82. The van der Waals surface area contributed by atoms with Crippen LogP contribution in [0.1, 0.15) is 6.92 Å². The molecule has 0 saturated carbocycles. The van der Waals surface area contributed by atoms with E-state index in [1.54, 1.807) is 12.1 Å². The first-order valence-electron chi connectivity index (χ1n) is 7.84. The summed E-state index contributed by atoms with van der Waals surface area (Å²) in [6.07, 6.45) is 0. The summed E-state index contributed by atoms with van der Waals surface area (Å²) in [7, 11) is 0. The Morgan fingerprint density at radius 3 is 2.52 bits per heavy atom. The minimum absolute atomic E-state index is 0.106. The zero-order valence-corrected chi connectivity index (χ0v) is 14.5. The quantitative estimate of drug-likeness (QED) is 0.682. The van der Waals surface area contributed by atoms with Crippen molar-refractivity contribution in [2.75, 3.05) is 11.1 Å². The highest BCUT2D eigenvalue weighted by Gasteiger charge is 2.14. The topological polar surface area (TPSA) is 59.8 Å². The van der Waals surface area contributed by atoms with Crippen molar-refractivity contribution in [1.82, 2.24) is 14.8 Å². The molecule has 0 atom stereocenters. The molecule has 1 aromatic heterocycles. The highest BCUT2D eigenvalue weighted by molar-refractivity contribution is 7.99. The van der Waals surface area contributed by atoms with Crippen LogP contribution in [-0.2, 0) is 11.3 Å². The molecule has 0 bridgehead atoms. The van der Waals surface area contributed by atoms with Gasteiger partial charge in [0.1, 0.15) is 5.82 Å². The molecular weight excluding hydrogens is 339 g/mol. The second-order valence-corrected chi connectivity index (χ2v) is 6.20. The molecule has 0 fully saturated rings. The molecule has 25 heavy (non-hydrogen) atoms. The fourth-order valence-corrected chi connectivity index (χ4v) is 3.14. The number of thioether (sulfide) groups is 1. The summed E-state index contributed by atoms with van der Waals surface area (Å²) in [5.41, 5.74) is 1.55. The summed E-state index contributed by atoms with van der Waals surface area (Å²) in [4.78, 5) is 12.1. The van der Waals surface area contributed by atoms with Crippen LogP contribution in [0.4, 0.5) is 10.1 Å². The number of aromatic nitrogens is 3. The van der Waals surface area contributed by atoms with E-state index >= 15 is 0 Å². The van der Waals surface area contributed by atoms with Crippen LogP contribution in [0.3, 0.4) is 0 Å². The van der Waals surface area contributed by atoms with Crippen molar-refractivity contribution < 1.29 is 9.18 Å². The highest BCUT2D eigenvalue weighted by atomic mass is 32.2. The number of carbonyl (C=O) groups is 1. The number of nitrogens with zero attached hydrogens (tertiary/aromatic N) is 3. The van der Waals surface area contributed by atoms with Gasteiger partial charge < -0.3 is 9.88 Å². The lowest BCUT2D eigenvalue weighted by molar-refractivity contribution is -0.113. The van der Waals surface area contributed by atoms with Crippen molar-refractivity contribution in [2.45, 2.75) is 18.6 Å². The van der Waals surface area contributed by atoms with Gasteiger partial charge in [0.25, 0.3) is 0 Å². The Morgan fingerprint density at radius 2 is 1.84 bits per heavy atom. The maximum Gasteiger partial charge on any atom is 0.234 e. The normalized spacial score (nSPS) is 10.6. The lowest BCUT2D eigenvalue weighted by atomic mass is 10.2. The smallest absolute Gasteiger partial charge is 0.234 e. The van der Waals surface area contributed by atoms with Crippen LogP contribution in [0.2, 0.25) is 0 Å². The highest BCUT2D eigenvalue weighted by Crippen LogP contribution is 2.24. The Bertz CT molecular complexity index is 849. The zero-order valence-electron chi connectivity index (χ0n) is 13.6. The maximum absolute atomic E-state index is 13.1. The Kier molecular flexibility index (Phi) is 5.45. The third-order valence-electron chi connectivity index (χ3n) is 3.53. The first kappa shape index (κ1) is 17.2. The van der Waals surface area contributed by atoms with Gasteiger partial charge in [-0.15, -0.1) is 10.2 Å². The van der Waals surface area contributed by atoms with Crippen LogP contribution >= 0.6 is 11.8 Å². The molecule has 3 rings (SSSR count). The number of rotatable bonds is 6. The van der Waals surface area contributed by atoms with Crippen molar-refractivity contribution >= 4 is 23.4 Å². The van der Waals surface area contributed by atoms with E-state index in [-0.39, 0.29) is 17.5 Å². The van der Waals surface area contributed by atoms with Crippen LogP contribution in [-0.4, -0.2) is 26.4 Å². The molecule has 3 aromatic rings. The van der Waals surface area contributed by atoms with Gasteiger partial charge in [-0.2, -0.15) is 0 Å². The van der Waals surface area contributed by atoms with Crippen LogP contribution in [0.15, 0.2) is 59.8 Å². The molecule has 2 aromatic carbocycles. The summed E-state index contributed by atoms with van der Waals surface area (Å²) >= 11 is 1.32. The number of anilines is 1. The van der Waals surface area contributed by atoms with Gasteiger partial charge in [-0.05, 0) is 43.3 Å². The van der Waals surface area contributed by atoms with E-state index in [1.807, 2.05) is 41.8 Å². The molecular formula is C18H17FN4OS. The lowest BCUT2D eigenvalue weighted by Crippen LogP contribution is -2.14. The fraction of sp³-hybridized carbons (Fsp3) is 0.167. The third kappa shape index (κ3) is 4.24. The van der Waals surface area contributed by atoms with Crippen LogP contribution in [0, 0.1) is 5.82 Å². The molecule has 0 unspecified atom stereocenters. The van der Waals surface area contributed by atoms with Crippen molar-refractivity contribution in [3.05, 3.63) is 60.4 Å². The van der Waals surface area contributed by atoms with Gasteiger partial charge in [0.05, 0.1) is 5.75 Å². The summed E-state index contributed by atoms with van der Waals surface area (Å²) in [6, 6.07) is 15.4. The molecule has 1 amide bonds. The second kappa shape index (κ2) is 7.94. The molecule has 5 nitrogen and oxygen atoms in total. The largest absolute Gasteiger partial charge is 0.325 e. The van der Waals surface area contributed by atoms with Gasteiger partial charge in [-0.25, -0.2) is 4.39 Å². The minimum Gasteiger partial charge on any atom is -0.325 e. The van der Waals surface area contributed by atoms with Crippen LogP contribution < -0.4 is 5.32 Å². The number of amides is 1. The van der Waals surface area contributed by atoms with E-state index in [4.69, 9.17) is 0 Å². The van der Waals surface area contributed by atoms with Crippen molar-refractivity contribution in [3.8, 4) is 11.4 Å². The molecule has 128 valence electrons. The molecule has 0 spiro atoms. The fourth-order valence-electron chi connectivity index (χ4n) is 2.34. The molecule has 0 aliphatic carbocycles. The van der Waals surface area contributed by atoms with E-state index < -0.39 is 0 Å². The van der Waals surface area contributed by atoms with Crippen LogP contribution in [0.5, 0.6) is 0 Å². The van der Waals surface area contributed by atoms with E-state index in [0.29, 0.717) is 17.5 Å². The maximum atomic E-state index is 13.1. The predicted molar refractivity (Wildman–Crippen MR) is 96.9 cm³/mol. The lowest BCUT2D eigenvalue weighted by Gasteiger charge is -2.08. The third-order valence-corrected chi connectivity index (χ3v) is 4.49. The number of hydrogen-bond donors (Lipinski definition) is 1. The number of halogens is 1. The van der Waals surface area contributed by atoms with E-state index in [9.17, 15) is 9.18 Å². The average Bonchev–Trinajstić information content (AvgIpc) is 3.04. The SMILES string of the molecule is CCn1c(SCC(=O)Nc2ccccc2)nnc1-c1ccc(F)cc1. The molecule has 1 N–H and O–H groups in total. The molecule has 0 saturated heterocycles. The molecule has 1 heterocycles. The van der Waals surface area contributed by atoms with Crippen molar-refractivity contribution in [3.63, 3.8) is 0 Å². The van der Waals surface area contributed by atoms with Gasteiger partial charge in [0.15, 0.2) is 11.0 Å². The summed E-state index contributed by atoms with van der Waals surface area (Å²) in [5, 5.41) is 11.8. The molecule has 0 aliphatic rings.